The number of aliphatic hydroxyl groups is 1. The molecule has 0 spiro atoms. The topological polar surface area (TPSA) is 59.1 Å². The Morgan fingerprint density at radius 1 is 1.11 bits per heavy atom. The molecule has 3 nitrogen and oxygen atoms in total. The highest BCUT2D eigenvalue weighted by atomic mass is 16.3. The van der Waals surface area contributed by atoms with Gasteiger partial charge in [0, 0.05) is 11.8 Å². The molecule has 100 valence electrons. The van der Waals surface area contributed by atoms with E-state index < -0.39 is 6.10 Å². The van der Waals surface area contributed by atoms with Gasteiger partial charge in [-0.05, 0) is 22.6 Å². The van der Waals surface area contributed by atoms with Crippen molar-refractivity contribution in [1.82, 2.24) is 4.98 Å². The third-order valence-corrected chi connectivity index (χ3v) is 3.26. The third kappa shape index (κ3) is 2.93. The van der Waals surface area contributed by atoms with E-state index >= 15 is 0 Å². The first-order valence-corrected chi connectivity index (χ1v) is 6.38. The summed E-state index contributed by atoms with van der Waals surface area (Å²) < 4.78 is 0. The first-order valence-electron chi connectivity index (χ1n) is 6.38. The number of nitrogens with two attached hydrogens (primary N) is 1. The van der Waals surface area contributed by atoms with Crippen LogP contribution in [0, 0.1) is 0 Å². The van der Waals surface area contributed by atoms with Crippen LogP contribution in [0.15, 0.2) is 42.6 Å². The van der Waals surface area contributed by atoms with E-state index in [-0.39, 0.29) is 5.41 Å². The maximum absolute atomic E-state index is 10.3. The van der Waals surface area contributed by atoms with E-state index in [9.17, 15) is 5.11 Å². The van der Waals surface area contributed by atoms with Gasteiger partial charge in [-0.3, -0.25) is 0 Å². The Labute approximate surface area is 114 Å². The molecule has 1 aromatic carbocycles. The number of anilines is 1. The van der Waals surface area contributed by atoms with E-state index in [0.717, 1.165) is 5.56 Å². The van der Waals surface area contributed by atoms with Crippen molar-refractivity contribution in [3.63, 3.8) is 0 Å². The zero-order chi connectivity index (χ0) is 14.0. The van der Waals surface area contributed by atoms with Crippen molar-refractivity contribution in [2.45, 2.75) is 32.3 Å². The molecule has 3 heteroatoms. The SMILES string of the molecule is CC(C)(C)c1ccc(C(O)c2cccnc2N)cc1. The summed E-state index contributed by atoms with van der Waals surface area (Å²) in [6.45, 7) is 6.49. The van der Waals surface area contributed by atoms with Crippen LogP contribution >= 0.6 is 0 Å². The molecule has 3 N–H and O–H groups in total. The van der Waals surface area contributed by atoms with Crippen LogP contribution in [0.1, 0.15) is 43.6 Å². The molecule has 2 aromatic rings. The molecule has 1 atom stereocenters. The Hall–Kier alpha value is -1.87. The van der Waals surface area contributed by atoms with Crippen LogP contribution in [-0.2, 0) is 5.41 Å². The number of pyridine rings is 1. The van der Waals surface area contributed by atoms with Crippen LogP contribution in [-0.4, -0.2) is 10.1 Å². The molecule has 0 fully saturated rings. The van der Waals surface area contributed by atoms with Gasteiger partial charge in [-0.15, -0.1) is 0 Å². The quantitative estimate of drug-likeness (QED) is 0.868. The van der Waals surface area contributed by atoms with Crippen molar-refractivity contribution in [2.24, 2.45) is 0 Å². The molecule has 0 aliphatic heterocycles. The lowest BCUT2D eigenvalue weighted by molar-refractivity contribution is 0.220. The lowest BCUT2D eigenvalue weighted by Gasteiger charge is -2.20. The lowest BCUT2D eigenvalue weighted by Crippen LogP contribution is -2.11. The van der Waals surface area contributed by atoms with E-state index in [4.69, 9.17) is 5.73 Å². The van der Waals surface area contributed by atoms with Gasteiger partial charge in [0.15, 0.2) is 0 Å². The van der Waals surface area contributed by atoms with Gasteiger partial charge in [0.05, 0.1) is 0 Å². The summed E-state index contributed by atoms with van der Waals surface area (Å²) in [6, 6.07) is 11.6. The van der Waals surface area contributed by atoms with Crippen molar-refractivity contribution in [3.8, 4) is 0 Å². The highest BCUT2D eigenvalue weighted by Gasteiger charge is 2.16. The van der Waals surface area contributed by atoms with Crippen LogP contribution in [0.3, 0.4) is 0 Å². The van der Waals surface area contributed by atoms with Gasteiger partial charge in [-0.1, -0.05) is 51.1 Å². The zero-order valence-corrected chi connectivity index (χ0v) is 11.6. The van der Waals surface area contributed by atoms with Crippen LogP contribution in [0.5, 0.6) is 0 Å². The zero-order valence-electron chi connectivity index (χ0n) is 11.6. The largest absolute Gasteiger partial charge is 0.384 e. The number of aromatic nitrogens is 1. The standard InChI is InChI=1S/C16H20N2O/c1-16(2,3)12-8-6-11(7-9-12)14(19)13-5-4-10-18-15(13)17/h4-10,14,19H,1-3H3,(H2,17,18). The fourth-order valence-electron chi connectivity index (χ4n) is 2.01. The molecule has 1 unspecified atom stereocenters. The van der Waals surface area contributed by atoms with E-state index in [1.807, 2.05) is 24.3 Å². The van der Waals surface area contributed by atoms with Crippen LogP contribution < -0.4 is 5.73 Å². The molecule has 0 bridgehead atoms. The Morgan fingerprint density at radius 3 is 2.26 bits per heavy atom. The smallest absolute Gasteiger partial charge is 0.129 e. The highest BCUT2D eigenvalue weighted by Crippen LogP contribution is 2.28. The molecule has 0 amide bonds. The van der Waals surface area contributed by atoms with Crippen molar-refractivity contribution in [3.05, 3.63) is 59.3 Å². The van der Waals surface area contributed by atoms with Gasteiger partial charge in [0.1, 0.15) is 11.9 Å². The summed E-state index contributed by atoms with van der Waals surface area (Å²) in [5, 5.41) is 10.3. The fourth-order valence-corrected chi connectivity index (χ4v) is 2.01. The number of hydrogen-bond acceptors (Lipinski definition) is 3. The molecule has 0 saturated carbocycles. The summed E-state index contributed by atoms with van der Waals surface area (Å²) in [7, 11) is 0. The molecule has 0 aliphatic rings. The van der Waals surface area contributed by atoms with Crippen LogP contribution in [0.2, 0.25) is 0 Å². The van der Waals surface area contributed by atoms with Crippen LogP contribution in [0.4, 0.5) is 5.82 Å². The Kier molecular flexibility index (Phi) is 3.58. The minimum Gasteiger partial charge on any atom is -0.384 e. The second kappa shape index (κ2) is 5.02. The predicted octanol–water partition coefficient (Wildman–Crippen LogP) is 3.04. The molecule has 2 rings (SSSR count). The first-order chi connectivity index (χ1) is 8.89. The number of nitrogens with zero attached hydrogens (tertiary/aromatic N) is 1. The van der Waals surface area contributed by atoms with Gasteiger partial charge in [-0.25, -0.2) is 4.98 Å². The molecule has 0 saturated heterocycles. The maximum atomic E-state index is 10.3. The number of nitrogen functional groups attached to an aromatic ring is 1. The number of hydrogen-bond donors (Lipinski definition) is 2. The highest BCUT2D eigenvalue weighted by molar-refractivity contribution is 5.44. The van der Waals surface area contributed by atoms with Crippen molar-refractivity contribution in [2.75, 3.05) is 5.73 Å². The van der Waals surface area contributed by atoms with Gasteiger partial charge in [0.2, 0.25) is 0 Å². The Morgan fingerprint density at radius 2 is 1.74 bits per heavy atom. The summed E-state index contributed by atoms with van der Waals surface area (Å²) in [4.78, 5) is 4.00. The number of aliphatic hydroxyl groups excluding tert-OH is 1. The van der Waals surface area contributed by atoms with E-state index in [1.165, 1.54) is 5.56 Å². The molecule has 1 aromatic heterocycles. The van der Waals surface area contributed by atoms with Gasteiger partial charge < -0.3 is 10.8 Å². The average Bonchev–Trinajstić information content (AvgIpc) is 2.38. The van der Waals surface area contributed by atoms with Gasteiger partial charge in [0.25, 0.3) is 0 Å². The summed E-state index contributed by atoms with van der Waals surface area (Å²) in [5.41, 5.74) is 8.60. The van der Waals surface area contributed by atoms with E-state index in [1.54, 1.807) is 18.3 Å². The fraction of sp³-hybridized carbons (Fsp3) is 0.312. The molecule has 1 heterocycles. The summed E-state index contributed by atoms with van der Waals surface area (Å²) >= 11 is 0. The Bertz CT molecular complexity index is 556. The maximum Gasteiger partial charge on any atom is 0.129 e. The van der Waals surface area contributed by atoms with Gasteiger partial charge >= 0.3 is 0 Å². The lowest BCUT2D eigenvalue weighted by atomic mass is 9.86. The monoisotopic (exact) mass is 256 g/mol. The normalized spacial score (nSPS) is 13.3. The van der Waals surface area contributed by atoms with Crippen LogP contribution in [0.25, 0.3) is 0 Å². The number of benzene rings is 1. The third-order valence-electron chi connectivity index (χ3n) is 3.26. The summed E-state index contributed by atoms with van der Waals surface area (Å²) in [6.07, 6.45) is 0.886. The van der Waals surface area contributed by atoms with Crippen molar-refractivity contribution >= 4 is 5.82 Å². The molecular formula is C16H20N2O. The second-order valence-corrected chi connectivity index (χ2v) is 5.75. The predicted molar refractivity (Wildman–Crippen MR) is 77.9 cm³/mol. The summed E-state index contributed by atoms with van der Waals surface area (Å²) in [5.74, 6) is 0.370. The average molecular weight is 256 g/mol. The molecule has 0 aliphatic carbocycles. The first kappa shape index (κ1) is 13.6. The van der Waals surface area contributed by atoms with Crippen molar-refractivity contribution in [1.29, 1.82) is 0 Å². The number of rotatable bonds is 2. The van der Waals surface area contributed by atoms with E-state index in [2.05, 4.69) is 25.8 Å². The molecule has 19 heavy (non-hydrogen) atoms. The van der Waals surface area contributed by atoms with Gasteiger partial charge in [-0.2, -0.15) is 0 Å². The minimum atomic E-state index is -0.734. The van der Waals surface area contributed by atoms with Crippen molar-refractivity contribution < 1.29 is 5.11 Å². The molecular weight excluding hydrogens is 236 g/mol. The minimum absolute atomic E-state index is 0.108. The van der Waals surface area contributed by atoms with E-state index in [0.29, 0.717) is 11.4 Å². The second-order valence-electron chi connectivity index (χ2n) is 5.75. The molecule has 0 radical (unpaired) electrons. The Balaban J connectivity index is 2.31.